The molecule has 1 amide bonds. The van der Waals surface area contributed by atoms with Crippen LogP contribution in [0, 0.1) is 11.7 Å². The number of carbonyl (C=O) groups is 1. The zero-order chi connectivity index (χ0) is 16.9. The number of halogens is 1. The third-order valence-electron chi connectivity index (χ3n) is 3.92. The van der Waals surface area contributed by atoms with Crippen molar-refractivity contribution in [2.24, 2.45) is 5.92 Å². The number of carbonyl (C=O) groups excluding carboxylic acids is 1. The quantitative estimate of drug-likeness (QED) is 0.795. The Morgan fingerprint density at radius 1 is 1.26 bits per heavy atom. The molecular weight excluding hydrogens is 293 g/mol. The van der Waals surface area contributed by atoms with Gasteiger partial charge in [-0.2, -0.15) is 0 Å². The summed E-state index contributed by atoms with van der Waals surface area (Å²) >= 11 is 0. The van der Waals surface area contributed by atoms with E-state index in [9.17, 15) is 9.18 Å². The van der Waals surface area contributed by atoms with Crippen molar-refractivity contribution in [3.8, 4) is 0 Å². The van der Waals surface area contributed by atoms with Gasteiger partial charge in [0.25, 0.3) is 0 Å². The van der Waals surface area contributed by atoms with Gasteiger partial charge in [-0.25, -0.2) is 9.18 Å². The van der Waals surface area contributed by atoms with E-state index < -0.39 is 5.60 Å². The van der Waals surface area contributed by atoms with Crippen molar-refractivity contribution >= 4 is 12.2 Å². The molecule has 0 spiro atoms. The summed E-state index contributed by atoms with van der Waals surface area (Å²) in [7, 11) is 0. The zero-order valence-corrected chi connectivity index (χ0v) is 14.2. The van der Waals surface area contributed by atoms with Crippen LogP contribution < -0.4 is 0 Å². The van der Waals surface area contributed by atoms with Gasteiger partial charge in [-0.1, -0.05) is 24.3 Å². The molecule has 0 N–H and O–H groups in total. The van der Waals surface area contributed by atoms with Crippen LogP contribution in [0.25, 0.3) is 6.08 Å². The number of piperidine rings is 1. The number of benzene rings is 1. The molecule has 126 valence electrons. The lowest BCUT2D eigenvalue weighted by Gasteiger charge is -2.33. The predicted octanol–water partition coefficient (Wildman–Crippen LogP) is 4.88. The molecule has 0 aromatic heterocycles. The maximum absolute atomic E-state index is 12.8. The highest BCUT2D eigenvalue weighted by Gasteiger charge is 2.26. The molecule has 23 heavy (non-hydrogen) atoms. The minimum absolute atomic E-state index is 0.210. The fraction of sp³-hybridized carbons (Fsp3) is 0.526. The molecule has 1 saturated heterocycles. The maximum Gasteiger partial charge on any atom is 0.410 e. The van der Waals surface area contributed by atoms with Gasteiger partial charge >= 0.3 is 6.09 Å². The van der Waals surface area contributed by atoms with Gasteiger partial charge < -0.3 is 9.64 Å². The van der Waals surface area contributed by atoms with Crippen LogP contribution in [0.15, 0.2) is 30.3 Å². The lowest BCUT2D eigenvalue weighted by Crippen LogP contribution is -2.41. The minimum Gasteiger partial charge on any atom is -0.444 e. The Balaban J connectivity index is 1.74. The lowest BCUT2D eigenvalue weighted by atomic mass is 9.93. The van der Waals surface area contributed by atoms with Crippen LogP contribution in [-0.4, -0.2) is 29.7 Å². The highest BCUT2D eigenvalue weighted by molar-refractivity contribution is 5.68. The van der Waals surface area contributed by atoms with E-state index in [1.165, 1.54) is 12.1 Å². The molecule has 0 saturated carbocycles. The molecule has 3 nitrogen and oxygen atoms in total. The second kappa shape index (κ2) is 7.62. The molecule has 0 unspecified atom stereocenters. The first-order valence-corrected chi connectivity index (χ1v) is 8.23. The van der Waals surface area contributed by atoms with Gasteiger partial charge in [0, 0.05) is 13.1 Å². The summed E-state index contributed by atoms with van der Waals surface area (Å²) in [4.78, 5) is 13.8. The molecule has 1 fully saturated rings. The number of hydrogen-bond acceptors (Lipinski definition) is 2. The average molecular weight is 319 g/mol. The minimum atomic E-state index is -0.439. The first kappa shape index (κ1) is 17.5. The van der Waals surface area contributed by atoms with E-state index in [0.717, 1.165) is 37.9 Å². The number of nitrogens with zero attached hydrogens (tertiary/aromatic N) is 1. The third-order valence-corrected chi connectivity index (χ3v) is 3.92. The predicted molar refractivity (Wildman–Crippen MR) is 90.6 cm³/mol. The summed E-state index contributed by atoms with van der Waals surface area (Å²) in [5.74, 6) is 0.377. The van der Waals surface area contributed by atoms with E-state index in [1.54, 1.807) is 17.0 Å². The highest BCUT2D eigenvalue weighted by Crippen LogP contribution is 2.23. The number of likely N-dealkylation sites (tertiary alicyclic amines) is 1. The molecule has 2 rings (SSSR count). The molecule has 1 heterocycles. The largest absolute Gasteiger partial charge is 0.444 e. The van der Waals surface area contributed by atoms with Gasteiger partial charge in [-0.3, -0.25) is 0 Å². The van der Waals surface area contributed by atoms with Gasteiger partial charge in [0.05, 0.1) is 0 Å². The Morgan fingerprint density at radius 2 is 1.87 bits per heavy atom. The number of rotatable bonds is 3. The monoisotopic (exact) mass is 319 g/mol. The topological polar surface area (TPSA) is 29.5 Å². The van der Waals surface area contributed by atoms with Crippen LogP contribution in [0.4, 0.5) is 9.18 Å². The Labute approximate surface area is 138 Å². The van der Waals surface area contributed by atoms with E-state index in [-0.39, 0.29) is 11.9 Å². The van der Waals surface area contributed by atoms with Crippen molar-refractivity contribution in [3.63, 3.8) is 0 Å². The highest BCUT2D eigenvalue weighted by atomic mass is 19.1. The van der Waals surface area contributed by atoms with E-state index in [2.05, 4.69) is 6.08 Å². The average Bonchev–Trinajstić information content (AvgIpc) is 2.48. The lowest BCUT2D eigenvalue weighted by molar-refractivity contribution is 0.0185. The van der Waals surface area contributed by atoms with E-state index in [1.807, 2.05) is 26.8 Å². The van der Waals surface area contributed by atoms with Crippen molar-refractivity contribution < 1.29 is 13.9 Å². The Morgan fingerprint density at radius 3 is 2.43 bits per heavy atom. The van der Waals surface area contributed by atoms with Crippen LogP contribution in [0.3, 0.4) is 0 Å². The Kier molecular flexibility index (Phi) is 5.80. The van der Waals surface area contributed by atoms with Crippen molar-refractivity contribution in [3.05, 3.63) is 41.7 Å². The van der Waals surface area contributed by atoms with Crippen molar-refractivity contribution in [1.82, 2.24) is 4.90 Å². The summed E-state index contributed by atoms with van der Waals surface area (Å²) in [5.41, 5.74) is 0.573. The van der Waals surface area contributed by atoms with Crippen molar-refractivity contribution in [1.29, 1.82) is 0 Å². The summed E-state index contributed by atoms with van der Waals surface area (Å²) in [6.45, 7) is 7.17. The summed E-state index contributed by atoms with van der Waals surface area (Å²) < 4.78 is 18.2. The molecule has 1 aromatic carbocycles. The third kappa shape index (κ3) is 6.05. The van der Waals surface area contributed by atoms with Gasteiger partial charge in [-0.15, -0.1) is 0 Å². The molecule has 0 atom stereocenters. The Hall–Kier alpha value is -1.84. The standard InChI is InChI=1S/C19H26FNO2/c1-19(2,3)23-18(22)21-13-11-16(12-14-21)6-4-5-15-7-9-17(20)10-8-15/h4-5,7-10,16H,6,11-14H2,1-3H3. The zero-order valence-electron chi connectivity index (χ0n) is 14.2. The van der Waals surface area contributed by atoms with Gasteiger partial charge in [0.15, 0.2) is 0 Å². The molecular formula is C19H26FNO2. The Bertz CT molecular complexity index is 537. The SMILES string of the molecule is CC(C)(C)OC(=O)N1CCC(CC=Cc2ccc(F)cc2)CC1. The number of hydrogen-bond donors (Lipinski definition) is 0. The van der Waals surface area contributed by atoms with E-state index in [0.29, 0.717) is 5.92 Å². The molecule has 1 aliphatic heterocycles. The summed E-state index contributed by atoms with van der Waals surface area (Å²) in [5, 5.41) is 0. The van der Waals surface area contributed by atoms with Gasteiger partial charge in [0.1, 0.15) is 11.4 Å². The smallest absolute Gasteiger partial charge is 0.410 e. The number of amides is 1. The van der Waals surface area contributed by atoms with E-state index >= 15 is 0 Å². The second-order valence-electron chi connectivity index (χ2n) is 7.10. The van der Waals surface area contributed by atoms with Gasteiger partial charge in [-0.05, 0) is 63.6 Å². The van der Waals surface area contributed by atoms with Crippen molar-refractivity contribution in [2.75, 3.05) is 13.1 Å². The molecule has 1 aliphatic rings. The van der Waals surface area contributed by atoms with E-state index in [4.69, 9.17) is 4.74 Å². The molecule has 1 aromatic rings. The van der Waals surface area contributed by atoms with Crippen LogP contribution in [0.2, 0.25) is 0 Å². The number of allylic oxidation sites excluding steroid dienone is 1. The first-order chi connectivity index (χ1) is 10.8. The first-order valence-electron chi connectivity index (χ1n) is 8.23. The van der Waals surface area contributed by atoms with Crippen molar-refractivity contribution in [2.45, 2.75) is 45.6 Å². The summed E-state index contributed by atoms with van der Waals surface area (Å²) in [6, 6.07) is 6.49. The van der Waals surface area contributed by atoms with Crippen LogP contribution >= 0.6 is 0 Å². The molecule has 4 heteroatoms. The van der Waals surface area contributed by atoms with Crippen LogP contribution in [-0.2, 0) is 4.74 Å². The molecule has 0 bridgehead atoms. The molecule has 0 radical (unpaired) electrons. The van der Waals surface area contributed by atoms with Crippen LogP contribution in [0.1, 0.15) is 45.6 Å². The summed E-state index contributed by atoms with van der Waals surface area (Å²) in [6.07, 6.45) is 6.93. The fourth-order valence-electron chi connectivity index (χ4n) is 2.65. The fourth-order valence-corrected chi connectivity index (χ4v) is 2.65. The van der Waals surface area contributed by atoms with Gasteiger partial charge in [0.2, 0.25) is 0 Å². The maximum atomic E-state index is 12.8. The molecule has 0 aliphatic carbocycles. The van der Waals surface area contributed by atoms with Crippen LogP contribution in [0.5, 0.6) is 0 Å². The second-order valence-corrected chi connectivity index (χ2v) is 7.10. The number of ether oxygens (including phenoxy) is 1. The normalized spacial score (nSPS) is 16.8.